The van der Waals surface area contributed by atoms with E-state index in [0.29, 0.717) is 5.69 Å². The van der Waals surface area contributed by atoms with Crippen molar-refractivity contribution in [2.45, 2.75) is 13.8 Å². The van der Waals surface area contributed by atoms with Crippen molar-refractivity contribution in [1.29, 1.82) is 0 Å². The number of nitrogens with one attached hydrogen (secondary N) is 1. The number of hydrogen-bond donors (Lipinski definition) is 2. The first-order valence-corrected chi connectivity index (χ1v) is 6.50. The molecule has 0 fully saturated rings. The molecule has 0 radical (unpaired) electrons. The summed E-state index contributed by atoms with van der Waals surface area (Å²) in [6.45, 7) is 3.63. The summed E-state index contributed by atoms with van der Waals surface area (Å²) in [6, 6.07) is 4.74. The van der Waals surface area contributed by atoms with Crippen LogP contribution in [0, 0.1) is 13.8 Å². The molecule has 0 spiro atoms. The van der Waals surface area contributed by atoms with Gasteiger partial charge in [0.25, 0.3) is 5.91 Å². The predicted octanol–water partition coefficient (Wildman–Crippen LogP) is 3.23. The van der Waals surface area contributed by atoms with Gasteiger partial charge in [0.05, 0.1) is 15.6 Å². The summed E-state index contributed by atoms with van der Waals surface area (Å²) in [5, 5.41) is 2.94. The Kier molecular flexibility index (Phi) is 4.11. The van der Waals surface area contributed by atoms with Crippen LogP contribution in [-0.4, -0.2) is 15.9 Å². The third kappa shape index (κ3) is 3.18. The first-order chi connectivity index (χ1) is 9.36. The number of halogens is 2. The van der Waals surface area contributed by atoms with Gasteiger partial charge in [0.15, 0.2) is 0 Å². The van der Waals surface area contributed by atoms with E-state index >= 15 is 0 Å². The molecule has 0 aliphatic rings. The number of nitrogens with two attached hydrogens (primary N) is 1. The monoisotopic (exact) mass is 310 g/mol. The van der Waals surface area contributed by atoms with E-state index in [0.717, 1.165) is 11.4 Å². The number of carbonyl (C=O) groups excluding carboxylic acids is 1. The second-order valence-electron chi connectivity index (χ2n) is 4.29. The molecule has 0 atom stereocenters. The lowest BCUT2D eigenvalue weighted by Gasteiger charge is -2.08. The number of rotatable bonds is 2. The van der Waals surface area contributed by atoms with E-state index in [-0.39, 0.29) is 21.6 Å². The van der Waals surface area contributed by atoms with Crippen LogP contribution in [0.4, 0.5) is 11.6 Å². The van der Waals surface area contributed by atoms with E-state index in [4.69, 9.17) is 28.9 Å². The second-order valence-corrected chi connectivity index (χ2v) is 5.08. The van der Waals surface area contributed by atoms with Gasteiger partial charge in [0.1, 0.15) is 0 Å². The van der Waals surface area contributed by atoms with Crippen molar-refractivity contribution in [3.63, 3.8) is 0 Å². The Hall–Kier alpha value is -1.85. The normalized spacial score (nSPS) is 10.4. The number of carbonyl (C=O) groups is 1. The molecule has 1 heterocycles. The molecular weight excluding hydrogens is 299 g/mol. The summed E-state index contributed by atoms with van der Waals surface area (Å²) < 4.78 is 0. The van der Waals surface area contributed by atoms with E-state index in [2.05, 4.69) is 15.3 Å². The Morgan fingerprint density at radius 1 is 1.15 bits per heavy atom. The first kappa shape index (κ1) is 14.6. The number of aromatic nitrogens is 2. The van der Waals surface area contributed by atoms with Gasteiger partial charge in [-0.15, -0.1) is 0 Å². The Balaban J connectivity index is 2.33. The molecule has 20 heavy (non-hydrogen) atoms. The van der Waals surface area contributed by atoms with Crippen molar-refractivity contribution >= 4 is 40.7 Å². The Morgan fingerprint density at radius 2 is 1.75 bits per heavy atom. The first-order valence-electron chi connectivity index (χ1n) is 5.75. The zero-order chi connectivity index (χ0) is 14.9. The highest BCUT2D eigenvalue weighted by Gasteiger charge is 2.15. The molecule has 2 rings (SSSR count). The molecule has 1 aromatic heterocycles. The van der Waals surface area contributed by atoms with Crippen LogP contribution in [0.2, 0.25) is 10.0 Å². The van der Waals surface area contributed by atoms with Gasteiger partial charge >= 0.3 is 0 Å². The molecule has 0 saturated carbocycles. The number of nitrogen functional groups attached to an aromatic ring is 1. The van der Waals surface area contributed by atoms with Crippen LogP contribution in [0.15, 0.2) is 18.2 Å². The molecule has 0 unspecified atom stereocenters. The minimum absolute atomic E-state index is 0.141. The molecule has 0 aliphatic carbocycles. The maximum Gasteiger partial charge on any atom is 0.259 e. The number of hydrogen-bond acceptors (Lipinski definition) is 4. The Morgan fingerprint density at radius 3 is 2.35 bits per heavy atom. The van der Waals surface area contributed by atoms with Gasteiger partial charge in [0, 0.05) is 17.1 Å². The van der Waals surface area contributed by atoms with Gasteiger partial charge in [-0.1, -0.05) is 23.2 Å². The fourth-order valence-corrected chi connectivity index (χ4v) is 2.15. The van der Waals surface area contributed by atoms with Crippen molar-refractivity contribution in [2.75, 3.05) is 11.1 Å². The highest BCUT2D eigenvalue weighted by molar-refractivity contribution is 6.44. The summed E-state index contributed by atoms with van der Waals surface area (Å²) in [5.74, 6) is -0.253. The van der Waals surface area contributed by atoms with E-state index in [1.165, 1.54) is 12.1 Å². The van der Waals surface area contributed by atoms with Crippen molar-refractivity contribution in [2.24, 2.45) is 0 Å². The molecule has 0 bridgehead atoms. The highest BCUT2D eigenvalue weighted by atomic mass is 35.5. The van der Waals surface area contributed by atoms with Crippen LogP contribution < -0.4 is 11.1 Å². The van der Waals surface area contributed by atoms with Crippen LogP contribution >= 0.6 is 23.2 Å². The van der Waals surface area contributed by atoms with Crippen LogP contribution in [0.25, 0.3) is 0 Å². The summed E-state index contributed by atoms with van der Waals surface area (Å²) in [4.78, 5) is 20.4. The molecule has 0 saturated heterocycles. The maximum absolute atomic E-state index is 12.2. The fourth-order valence-electron chi connectivity index (χ4n) is 1.73. The van der Waals surface area contributed by atoms with Crippen LogP contribution in [-0.2, 0) is 0 Å². The lowest BCUT2D eigenvalue weighted by molar-refractivity contribution is 0.102. The molecule has 1 amide bonds. The van der Waals surface area contributed by atoms with Gasteiger partial charge in [0.2, 0.25) is 5.95 Å². The highest BCUT2D eigenvalue weighted by Crippen LogP contribution is 2.29. The maximum atomic E-state index is 12.2. The van der Waals surface area contributed by atoms with Crippen LogP contribution in [0.3, 0.4) is 0 Å². The molecular formula is C13H12Cl2N4O. The SMILES string of the molecule is Cc1cc(C)nc(NC(=O)c2cc(N)cc(Cl)c2Cl)n1. The summed E-state index contributed by atoms with van der Waals surface area (Å²) in [7, 11) is 0. The van der Waals surface area contributed by atoms with Gasteiger partial charge in [-0.25, -0.2) is 9.97 Å². The van der Waals surface area contributed by atoms with E-state index < -0.39 is 5.91 Å². The second kappa shape index (κ2) is 5.64. The number of aryl methyl sites for hydroxylation is 2. The lowest BCUT2D eigenvalue weighted by atomic mass is 10.2. The molecule has 3 N–H and O–H groups in total. The average molecular weight is 311 g/mol. The van der Waals surface area contributed by atoms with Gasteiger partial charge < -0.3 is 5.73 Å². The van der Waals surface area contributed by atoms with Gasteiger partial charge in [-0.3, -0.25) is 10.1 Å². The van der Waals surface area contributed by atoms with Crippen molar-refractivity contribution < 1.29 is 4.79 Å². The van der Waals surface area contributed by atoms with E-state index in [1.54, 1.807) is 6.07 Å². The van der Waals surface area contributed by atoms with Gasteiger partial charge in [-0.05, 0) is 32.0 Å². The minimum atomic E-state index is -0.464. The molecule has 7 heteroatoms. The Bertz CT molecular complexity index is 668. The smallest absolute Gasteiger partial charge is 0.259 e. The van der Waals surface area contributed by atoms with Crippen molar-refractivity contribution in [1.82, 2.24) is 9.97 Å². The van der Waals surface area contributed by atoms with E-state index in [1.807, 2.05) is 13.8 Å². The van der Waals surface area contributed by atoms with Crippen molar-refractivity contribution in [3.05, 3.63) is 45.2 Å². The fraction of sp³-hybridized carbons (Fsp3) is 0.154. The van der Waals surface area contributed by atoms with Gasteiger partial charge in [-0.2, -0.15) is 0 Å². The predicted molar refractivity (Wildman–Crippen MR) is 80.3 cm³/mol. The molecule has 5 nitrogen and oxygen atoms in total. The molecule has 104 valence electrons. The van der Waals surface area contributed by atoms with Crippen LogP contribution in [0.1, 0.15) is 21.7 Å². The number of amides is 1. The summed E-state index contributed by atoms with van der Waals surface area (Å²) >= 11 is 11.9. The quantitative estimate of drug-likeness (QED) is 0.834. The molecule has 2 aromatic rings. The molecule has 1 aromatic carbocycles. The third-order valence-corrected chi connectivity index (χ3v) is 3.30. The number of nitrogens with zero attached hydrogens (tertiary/aromatic N) is 2. The topological polar surface area (TPSA) is 80.9 Å². The summed E-state index contributed by atoms with van der Waals surface area (Å²) in [5.41, 5.74) is 7.69. The average Bonchev–Trinajstić information content (AvgIpc) is 2.32. The zero-order valence-corrected chi connectivity index (χ0v) is 12.4. The largest absolute Gasteiger partial charge is 0.399 e. The minimum Gasteiger partial charge on any atom is -0.399 e. The van der Waals surface area contributed by atoms with E-state index in [9.17, 15) is 4.79 Å². The summed E-state index contributed by atoms with van der Waals surface area (Å²) in [6.07, 6.45) is 0. The standard InChI is InChI=1S/C13H12Cl2N4O/c1-6-3-7(2)18-13(17-6)19-12(20)9-4-8(16)5-10(14)11(9)15/h3-5H,16H2,1-2H3,(H,17,18,19,20). The van der Waals surface area contributed by atoms with Crippen LogP contribution in [0.5, 0.6) is 0 Å². The lowest BCUT2D eigenvalue weighted by Crippen LogP contribution is -2.16. The van der Waals surface area contributed by atoms with Crippen molar-refractivity contribution in [3.8, 4) is 0 Å². The number of benzene rings is 1. The Labute approximate surface area is 126 Å². The molecule has 0 aliphatic heterocycles. The third-order valence-electron chi connectivity index (χ3n) is 2.50. The zero-order valence-electron chi connectivity index (χ0n) is 10.9. The number of anilines is 2.